The minimum absolute atomic E-state index is 0.280. The summed E-state index contributed by atoms with van der Waals surface area (Å²) in [7, 11) is 0. The third-order valence-corrected chi connectivity index (χ3v) is 3.97. The standard InChI is InChI=1S/C17H13N3O2S/c1-23-15-10-18-16(20-19-15)12-8-6-11(7-9-12)13-4-2-3-5-14(13)17(21)22/h2-10H,1H3,(H,21,22). The molecule has 0 unspecified atom stereocenters. The Balaban J connectivity index is 1.94. The lowest BCUT2D eigenvalue weighted by molar-refractivity contribution is 0.0697. The van der Waals surface area contributed by atoms with Gasteiger partial charge in [0.25, 0.3) is 0 Å². The Hall–Kier alpha value is -2.73. The van der Waals surface area contributed by atoms with Crippen molar-refractivity contribution in [3.63, 3.8) is 0 Å². The first-order valence-electron chi connectivity index (χ1n) is 6.86. The molecule has 0 saturated carbocycles. The number of carbonyl (C=O) groups is 1. The molecular formula is C17H13N3O2S. The summed E-state index contributed by atoms with van der Waals surface area (Å²) in [5, 5.41) is 18.2. The van der Waals surface area contributed by atoms with E-state index < -0.39 is 5.97 Å². The van der Waals surface area contributed by atoms with Crippen molar-refractivity contribution in [2.45, 2.75) is 5.03 Å². The Morgan fingerprint density at radius 1 is 1.00 bits per heavy atom. The molecule has 0 atom stereocenters. The van der Waals surface area contributed by atoms with E-state index in [-0.39, 0.29) is 5.56 Å². The molecule has 0 fully saturated rings. The van der Waals surface area contributed by atoms with Crippen LogP contribution >= 0.6 is 11.8 Å². The average molecular weight is 323 g/mol. The Kier molecular flexibility index (Phi) is 4.34. The van der Waals surface area contributed by atoms with Crippen molar-refractivity contribution in [3.05, 3.63) is 60.3 Å². The zero-order chi connectivity index (χ0) is 16.2. The predicted molar refractivity (Wildman–Crippen MR) is 89.4 cm³/mol. The smallest absolute Gasteiger partial charge is 0.336 e. The summed E-state index contributed by atoms with van der Waals surface area (Å²) in [4.78, 5) is 15.6. The van der Waals surface area contributed by atoms with E-state index in [9.17, 15) is 9.90 Å². The van der Waals surface area contributed by atoms with E-state index in [4.69, 9.17) is 0 Å². The van der Waals surface area contributed by atoms with Crippen molar-refractivity contribution in [3.8, 4) is 22.5 Å². The molecule has 0 saturated heterocycles. The minimum Gasteiger partial charge on any atom is -0.478 e. The number of aromatic nitrogens is 3. The lowest BCUT2D eigenvalue weighted by Gasteiger charge is -2.07. The first-order chi connectivity index (χ1) is 11.2. The van der Waals surface area contributed by atoms with Crippen molar-refractivity contribution in [2.24, 2.45) is 0 Å². The Bertz CT molecular complexity index is 833. The minimum atomic E-state index is -0.940. The van der Waals surface area contributed by atoms with Crippen LogP contribution in [0.2, 0.25) is 0 Å². The maximum atomic E-state index is 11.3. The highest BCUT2D eigenvalue weighted by molar-refractivity contribution is 7.98. The Morgan fingerprint density at radius 2 is 1.70 bits per heavy atom. The molecule has 0 aliphatic carbocycles. The first-order valence-corrected chi connectivity index (χ1v) is 8.08. The molecule has 0 aliphatic rings. The van der Waals surface area contributed by atoms with Gasteiger partial charge in [0.1, 0.15) is 5.03 Å². The maximum Gasteiger partial charge on any atom is 0.336 e. The van der Waals surface area contributed by atoms with Crippen molar-refractivity contribution in [1.82, 2.24) is 15.2 Å². The van der Waals surface area contributed by atoms with Crippen LogP contribution in [-0.2, 0) is 0 Å². The average Bonchev–Trinajstić information content (AvgIpc) is 2.62. The predicted octanol–water partition coefficient (Wildman–Crippen LogP) is 3.63. The second-order valence-electron chi connectivity index (χ2n) is 4.75. The Labute approximate surface area is 137 Å². The van der Waals surface area contributed by atoms with Gasteiger partial charge in [0.2, 0.25) is 0 Å². The van der Waals surface area contributed by atoms with Gasteiger partial charge in [-0.2, -0.15) is 0 Å². The molecule has 23 heavy (non-hydrogen) atoms. The van der Waals surface area contributed by atoms with Crippen LogP contribution < -0.4 is 0 Å². The molecule has 3 rings (SSSR count). The van der Waals surface area contributed by atoms with Gasteiger partial charge in [0, 0.05) is 5.56 Å². The summed E-state index contributed by atoms with van der Waals surface area (Å²) in [5.41, 5.74) is 2.63. The number of benzene rings is 2. The van der Waals surface area contributed by atoms with Gasteiger partial charge < -0.3 is 5.11 Å². The number of carboxylic acids is 1. The van der Waals surface area contributed by atoms with E-state index >= 15 is 0 Å². The van der Waals surface area contributed by atoms with E-state index in [0.29, 0.717) is 11.4 Å². The largest absolute Gasteiger partial charge is 0.478 e. The van der Waals surface area contributed by atoms with E-state index in [1.54, 1.807) is 24.4 Å². The number of hydrogen-bond acceptors (Lipinski definition) is 5. The molecule has 6 heteroatoms. The SMILES string of the molecule is CSc1cnc(-c2ccc(-c3ccccc3C(=O)O)cc2)nn1. The second-order valence-corrected chi connectivity index (χ2v) is 5.58. The summed E-state index contributed by atoms with van der Waals surface area (Å²) >= 11 is 1.48. The van der Waals surface area contributed by atoms with Crippen LogP contribution in [-0.4, -0.2) is 32.5 Å². The fourth-order valence-electron chi connectivity index (χ4n) is 2.21. The first kappa shape index (κ1) is 15.2. The Morgan fingerprint density at radius 3 is 2.30 bits per heavy atom. The van der Waals surface area contributed by atoms with Gasteiger partial charge in [0.15, 0.2) is 5.82 Å². The number of thioether (sulfide) groups is 1. The highest BCUT2D eigenvalue weighted by Crippen LogP contribution is 2.26. The number of carboxylic acid groups (broad SMARTS) is 1. The summed E-state index contributed by atoms with van der Waals surface area (Å²) in [6.45, 7) is 0. The maximum absolute atomic E-state index is 11.3. The number of aromatic carboxylic acids is 1. The van der Waals surface area contributed by atoms with Crippen molar-refractivity contribution < 1.29 is 9.90 Å². The van der Waals surface area contributed by atoms with Gasteiger partial charge in [-0.1, -0.05) is 42.5 Å². The van der Waals surface area contributed by atoms with Crippen LogP contribution in [0.3, 0.4) is 0 Å². The monoisotopic (exact) mass is 323 g/mol. The molecule has 1 heterocycles. The number of nitrogens with zero attached hydrogens (tertiary/aromatic N) is 3. The van der Waals surface area contributed by atoms with Crippen molar-refractivity contribution >= 4 is 17.7 Å². The highest BCUT2D eigenvalue weighted by atomic mass is 32.2. The molecule has 0 spiro atoms. The lowest BCUT2D eigenvalue weighted by atomic mass is 9.98. The summed E-state index contributed by atoms with van der Waals surface area (Å²) in [6.07, 6.45) is 3.60. The van der Waals surface area contributed by atoms with E-state index in [1.807, 2.05) is 36.6 Å². The van der Waals surface area contributed by atoms with Crippen molar-refractivity contribution in [2.75, 3.05) is 6.26 Å². The van der Waals surface area contributed by atoms with E-state index in [2.05, 4.69) is 15.2 Å². The van der Waals surface area contributed by atoms with Crippen LogP contribution in [0.4, 0.5) is 0 Å². The number of rotatable bonds is 4. The van der Waals surface area contributed by atoms with E-state index in [1.165, 1.54) is 11.8 Å². The van der Waals surface area contributed by atoms with Crippen LogP contribution in [0.1, 0.15) is 10.4 Å². The third kappa shape index (κ3) is 3.22. The van der Waals surface area contributed by atoms with Crippen LogP contribution in [0.25, 0.3) is 22.5 Å². The zero-order valence-electron chi connectivity index (χ0n) is 12.3. The molecule has 114 valence electrons. The number of hydrogen-bond donors (Lipinski definition) is 1. The fourth-order valence-corrected chi connectivity index (χ4v) is 2.49. The van der Waals surface area contributed by atoms with Crippen LogP contribution in [0.5, 0.6) is 0 Å². The molecular weight excluding hydrogens is 310 g/mol. The van der Waals surface area contributed by atoms with Gasteiger partial charge in [-0.15, -0.1) is 22.0 Å². The molecule has 1 aromatic heterocycles. The molecule has 1 N–H and O–H groups in total. The van der Waals surface area contributed by atoms with Gasteiger partial charge >= 0.3 is 5.97 Å². The second kappa shape index (κ2) is 6.58. The molecule has 5 nitrogen and oxygen atoms in total. The summed E-state index contributed by atoms with van der Waals surface area (Å²) in [5.74, 6) is -0.397. The van der Waals surface area contributed by atoms with Crippen LogP contribution in [0.15, 0.2) is 59.8 Å². The van der Waals surface area contributed by atoms with Crippen molar-refractivity contribution in [1.29, 1.82) is 0 Å². The third-order valence-electron chi connectivity index (χ3n) is 3.36. The molecule has 3 aromatic rings. The van der Waals surface area contributed by atoms with Gasteiger partial charge in [0.05, 0.1) is 11.8 Å². The van der Waals surface area contributed by atoms with Gasteiger partial charge in [-0.25, -0.2) is 9.78 Å². The normalized spacial score (nSPS) is 10.5. The molecule has 0 radical (unpaired) electrons. The molecule has 0 aliphatic heterocycles. The summed E-state index contributed by atoms with van der Waals surface area (Å²) < 4.78 is 0. The van der Waals surface area contributed by atoms with Gasteiger partial charge in [-0.3, -0.25) is 0 Å². The van der Waals surface area contributed by atoms with Gasteiger partial charge in [-0.05, 0) is 23.4 Å². The van der Waals surface area contributed by atoms with Crippen LogP contribution in [0, 0.1) is 0 Å². The van der Waals surface area contributed by atoms with E-state index in [0.717, 1.165) is 16.2 Å². The highest BCUT2D eigenvalue weighted by Gasteiger charge is 2.11. The topological polar surface area (TPSA) is 76.0 Å². The summed E-state index contributed by atoms with van der Waals surface area (Å²) in [6, 6.07) is 14.4. The molecule has 0 bridgehead atoms. The quantitative estimate of drug-likeness (QED) is 0.739. The molecule has 0 amide bonds. The fraction of sp³-hybridized carbons (Fsp3) is 0.0588. The molecule has 2 aromatic carbocycles. The lowest BCUT2D eigenvalue weighted by Crippen LogP contribution is -1.99. The zero-order valence-corrected chi connectivity index (χ0v) is 13.1.